The van der Waals surface area contributed by atoms with Gasteiger partial charge in [0.1, 0.15) is 5.02 Å². The summed E-state index contributed by atoms with van der Waals surface area (Å²) in [5, 5.41) is 12.2. The third-order valence-corrected chi connectivity index (χ3v) is 3.87. The highest BCUT2D eigenvalue weighted by atomic mass is 35.5. The molecule has 1 aromatic carbocycles. The molecule has 0 amide bonds. The summed E-state index contributed by atoms with van der Waals surface area (Å²) in [6.07, 6.45) is 2.82. The van der Waals surface area contributed by atoms with Gasteiger partial charge in [-0.25, -0.2) is 4.39 Å². The van der Waals surface area contributed by atoms with Gasteiger partial charge in [0.15, 0.2) is 5.82 Å². The third-order valence-electron chi connectivity index (χ3n) is 3.49. The molecule has 1 saturated carbocycles. The van der Waals surface area contributed by atoms with Crippen molar-refractivity contribution in [3.8, 4) is 0 Å². The van der Waals surface area contributed by atoms with Crippen molar-refractivity contribution in [2.75, 3.05) is 23.4 Å². The molecule has 0 aliphatic heterocycles. The fourth-order valence-electron chi connectivity index (χ4n) is 2.44. The second-order valence-electron chi connectivity index (χ2n) is 4.68. The fourth-order valence-corrected chi connectivity index (χ4v) is 2.59. The molecule has 6 heteroatoms. The van der Waals surface area contributed by atoms with Crippen molar-refractivity contribution in [1.29, 1.82) is 0 Å². The van der Waals surface area contributed by atoms with Crippen LogP contribution in [0.3, 0.4) is 0 Å². The smallest absolute Gasteiger partial charge is 0.169 e. The Morgan fingerprint density at radius 3 is 2.78 bits per heavy atom. The van der Waals surface area contributed by atoms with Crippen LogP contribution in [0, 0.1) is 11.7 Å². The highest BCUT2D eigenvalue weighted by molar-refractivity contribution is 6.33. The van der Waals surface area contributed by atoms with Gasteiger partial charge < -0.3 is 21.9 Å². The Labute approximate surface area is 110 Å². The maximum absolute atomic E-state index is 14.0. The predicted octanol–water partition coefficient (Wildman–Crippen LogP) is 2.22. The summed E-state index contributed by atoms with van der Waals surface area (Å²) in [7, 11) is 0. The number of rotatable bonds is 3. The molecule has 2 rings (SSSR count). The first-order chi connectivity index (χ1) is 8.54. The van der Waals surface area contributed by atoms with Gasteiger partial charge in [-0.2, -0.15) is 0 Å². The lowest BCUT2D eigenvalue weighted by molar-refractivity contribution is 0.222. The van der Waals surface area contributed by atoms with E-state index in [0.717, 1.165) is 19.3 Å². The number of anilines is 3. The van der Waals surface area contributed by atoms with Gasteiger partial charge in [-0.1, -0.05) is 18.0 Å². The van der Waals surface area contributed by atoms with E-state index in [9.17, 15) is 9.50 Å². The maximum Gasteiger partial charge on any atom is 0.169 e. The average Bonchev–Trinajstić information content (AvgIpc) is 2.79. The molecule has 0 heterocycles. The van der Waals surface area contributed by atoms with Gasteiger partial charge >= 0.3 is 0 Å². The van der Waals surface area contributed by atoms with Crippen molar-refractivity contribution in [1.82, 2.24) is 0 Å². The minimum atomic E-state index is -0.627. The highest BCUT2D eigenvalue weighted by Gasteiger charge is 2.28. The summed E-state index contributed by atoms with van der Waals surface area (Å²) in [6, 6.07) is 1.46. The van der Waals surface area contributed by atoms with E-state index in [1.807, 2.05) is 0 Å². The summed E-state index contributed by atoms with van der Waals surface area (Å²) in [5.41, 5.74) is 11.8. The number of halogens is 2. The van der Waals surface area contributed by atoms with E-state index in [-0.39, 0.29) is 40.7 Å². The molecular weight excluding hydrogens is 257 g/mol. The molecule has 100 valence electrons. The van der Waals surface area contributed by atoms with E-state index < -0.39 is 5.82 Å². The second-order valence-corrected chi connectivity index (χ2v) is 5.06. The molecule has 4 nitrogen and oxygen atoms in total. The van der Waals surface area contributed by atoms with E-state index in [0.29, 0.717) is 0 Å². The molecular formula is C12H17ClFN3O. The molecule has 18 heavy (non-hydrogen) atoms. The third kappa shape index (κ3) is 2.33. The maximum atomic E-state index is 14.0. The molecule has 0 aromatic heterocycles. The minimum absolute atomic E-state index is 0.0199. The van der Waals surface area contributed by atoms with E-state index in [1.165, 1.54) is 6.07 Å². The quantitative estimate of drug-likeness (QED) is 0.636. The van der Waals surface area contributed by atoms with E-state index in [4.69, 9.17) is 23.1 Å². The number of hydrogen-bond donors (Lipinski definition) is 4. The Morgan fingerprint density at radius 2 is 2.11 bits per heavy atom. The lowest BCUT2D eigenvalue weighted by Gasteiger charge is -2.22. The fraction of sp³-hybridized carbons (Fsp3) is 0.500. The van der Waals surface area contributed by atoms with Crippen LogP contribution in [0.15, 0.2) is 6.07 Å². The van der Waals surface area contributed by atoms with Crippen LogP contribution in [0.4, 0.5) is 21.5 Å². The molecule has 1 aliphatic rings. The van der Waals surface area contributed by atoms with Gasteiger partial charge in [0.2, 0.25) is 0 Å². The van der Waals surface area contributed by atoms with Crippen LogP contribution in [0.5, 0.6) is 0 Å². The minimum Gasteiger partial charge on any atom is -0.397 e. The summed E-state index contributed by atoms with van der Waals surface area (Å²) in [5.74, 6) is -0.502. The van der Waals surface area contributed by atoms with Crippen molar-refractivity contribution >= 4 is 28.7 Å². The molecule has 0 radical (unpaired) electrons. The highest BCUT2D eigenvalue weighted by Crippen LogP contribution is 2.36. The first-order valence-electron chi connectivity index (χ1n) is 5.95. The van der Waals surface area contributed by atoms with Gasteiger partial charge in [0, 0.05) is 18.6 Å². The van der Waals surface area contributed by atoms with Crippen LogP contribution in [0.25, 0.3) is 0 Å². The lowest BCUT2D eigenvalue weighted by Crippen LogP contribution is -2.27. The number of nitrogens with one attached hydrogen (secondary N) is 1. The topological polar surface area (TPSA) is 84.3 Å². The summed E-state index contributed by atoms with van der Waals surface area (Å²) in [4.78, 5) is 0. The number of aliphatic hydroxyl groups is 1. The molecule has 0 bridgehead atoms. The molecule has 1 fully saturated rings. The number of hydrogen-bond acceptors (Lipinski definition) is 4. The number of aliphatic hydroxyl groups excluding tert-OH is 1. The van der Waals surface area contributed by atoms with Crippen LogP contribution >= 0.6 is 11.6 Å². The van der Waals surface area contributed by atoms with E-state index in [1.54, 1.807) is 0 Å². The van der Waals surface area contributed by atoms with Crippen LogP contribution < -0.4 is 16.8 Å². The Balaban J connectivity index is 2.26. The van der Waals surface area contributed by atoms with Gasteiger partial charge in [-0.05, 0) is 18.9 Å². The van der Waals surface area contributed by atoms with Gasteiger partial charge in [-0.3, -0.25) is 0 Å². The van der Waals surface area contributed by atoms with Crippen LogP contribution in [-0.2, 0) is 0 Å². The molecule has 2 unspecified atom stereocenters. The van der Waals surface area contributed by atoms with Gasteiger partial charge in [-0.15, -0.1) is 0 Å². The Bertz CT molecular complexity index is 455. The van der Waals surface area contributed by atoms with Crippen LogP contribution in [-0.4, -0.2) is 17.8 Å². The molecule has 6 N–H and O–H groups in total. The van der Waals surface area contributed by atoms with Crippen molar-refractivity contribution in [2.45, 2.75) is 25.3 Å². The largest absolute Gasteiger partial charge is 0.397 e. The van der Waals surface area contributed by atoms with Gasteiger partial charge in [0.25, 0.3) is 0 Å². The normalized spacial score (nSPS) is 23.3. The number of benzene rings is 1. The molecule has 0 saturated heterocycles. The predicted molar refractivity (Wildman–Crippen MR) is 72.1 cm³/mol. The number of nitrogen functional groups attached to an aromatic ring is 2. The second kappa shape index (κ2) is 5.20. The van der Waals surface area contributed by atoms with Crippen LogP contribution in [0.1, 0.15) is 19.3 Å². The SMILES string of the molecule is Nc1cc(N)c(NC2CCCC2CO)c(F)c1Cl. The zero-order chi connectivity index (χ0) is 13.3. The van der Waals surface area contributed by atoms with Gasteiger partial charge in [0.05, 0.1) is 17.1 Å². The Morgan fingerprint density at radius 1 is 1.39 bits per heavy atom. The summed E-state index contributed by atoms with van der Waals surface area (Å²) < 4.78 is 14.0. The van der Waals surface area contributed by atoms with E-state index >= 15 is 0 Å². The van der Waals surface area contributed by atoms with Crippen molar-refractivity contribution in [3.63, 3.8) is 0 Å². The first kappa shape index (κ1) is 13.2. The summed E-state index contributed by atoms with van der Waals surface area (Å²) >= 11 is 5.77. The lowest BCUT2D eigenvalue weighted by atomic mass is 10.0. The Hall–Kier alpha value is -1.20. The molecule has 2 atom stereocenters. The van der Waals surface area contributed by atoms with Crippen molar-refractivity contribution < 1.29 is 9.50 Å². The van der Waals surface area contributed by atoms with Crippen molar-refractivity contribution in [3.05, 3.63) is 16.9 Å². The Kier molecular flexibility index (Phi) is 3.82. The number of nitrogens with two attached hydrogens (primary N) is 2. The zero-order valence-corrected chi connectivity index (χ0v) is 10.7. The summed E-state index contributed by atoms with van der Waals surface area (Å²) in [6.45, 7) is 0.0852. The standard InChI is InChI=1S/C12H17ClFN3O/c13-10-7(15)4-8(16)12(11(10)14)17-9-3-1-2-6(9)5-18/h4,6,9,17-18H,1-3,5,15-16H2. The van der Waals surface area contributed by atoms with Crippen molar-refractivity contribution in [2.24, 2.45) is 5.92 Å². The average molecular weight is 274 g/mol. The molecule has 0 spiro atoms. The monoisotopic (exact) mass is 273 g/mol. The zero-order valence-electron chi connectivity index (χ0n) is 9.92. The molecule has 1 aromatic rings. The first-order valence-corrected chi connectivity index (χ1v) is 6.32. The molecule has 1 aliphatic carbocycles. The van der Waals surface area contributed by atoms with Crippen LogP contribution in [0.2, 0.25) is 5.02 Å². The van der Waals surface area contributed by atoms with E-state index in [2.05, 4.69) is 5.32 Å².